The van der Waals surface area contributed by atoms with E-state index in [2.05, 4.69) is 0 Å². The molecule has 0 saturated heterocycles. The fraction of sp³-hybridized carbons (Fsp3) is 0.296. The fourth-order valence-corrected chi connectivity index (χ4v) is 4.32. The monoisotopic (exact) mass is 492 g/mol. The summed E-state index contributed by atoms with van der Waals surface area (Å²) in [4.78, 5) is 25.9. The number of benzene rings is 3. The van der Waals surface area contributed by atoms with Crippen molar-refractivity contribution in [1.82, 2.24) is 4.90 Å². The number of non-ortho nitro benzene ring substituents is 1. The molecule has 9 heteroatoms. The van der Waals surface area contributed by atoms with Crippen LogP contribution >= 0.6 is 0 Å². The first-order chi connectivity index (χ1) is 17.4. The van der Waals surface area contributed by atoms with E-state index >= 15 is 0 Å². The van der Waals surface area contributed by atoms with Crippen LogP contribution in [0.25, 0.3) is 0 Å². The average molecular weight is 493 g/mol. The SMILES string of the molecule is CCOc1ccc(C(=O)N2CCc3cc(OC)c(OC)cc3[C@@H]2COc2ccc([N+](=O)[O-])cc2)cc1. The molecule has 0 bridgehead atoms. The maximum absolute atomic E-state index is 13.6. The molecule has 0 N–H and O–H groups in total. The van der Waals surface area contributed by atoms with Crippen LogP contribution in [0.1, 0.15) is 34.5 Å². The summed E-state index contributed by atoms with van der Waals surface area (Å²) >= 11 is 0. The fourth-order valence-electron chi connectivity index (χ4n) is 4.32. The van der Waals surface area contributed by atoms with Gasteiger partial charge in [-0.15, -0.1) is 0 Å². The van der Waals surface area contributed by atoms with E-state index in [4.69, 9.17) is 18.9 Å². The molecule has 3 aromatic rings. The lowest BCUT2D eigenvalue weighted by Gasteiger charge is -2.37. The van der Waals surface area contributed by atoms with Crippen molar-refractivity contribution >= 4 is 11.6 Å². The van der Waals surface area contributed by atoms with Crippen LogP contribution in [0.3, 0.4) is 0 Å². The predicted octanol–water partition coefficient (Wildman–Crippen LogP) is 4.83. The Balaban J connectivity index is 1.65. The highest BCUT2D eigenvalue weighted by atomic mass is 16.6. The van der Waals surface area contributed by atoms with Crippen LogP contribution in [0.15, 0.2) is 60.7 Å². The number of amides is 1. The van der Waals surface area contributed by atoms with Gasteiger partial charge < -0.3 is 23.8 Å². The molecule has 188 valence electrons. The second-order valence-corrected chi connectivity index (χ2v) is 8.19. The zero-order chi connectivity index (χ0) is 25.7. The number of nitro benzene ring substituents is 1. The second-order valence-electron chi connectivity index (χ2n) is 8.19. The number of rotatable bonds is 9. The quantitative estimate of drug-likeness (QED) is 0.312. The first kappa shape index (κ1) is 24.8. The smallest absolute Gasteiger partial charge is 0.269 e. The van der Waals surface area contributed by atoms with E-state index < -0.39 is 11.0 Å². The van der Waals surface area contributed by atoms with Gasteiger partial charge in [-0.25, -0.2) is 0 Å². The van der Waals surface area contributed by atoms with Crippen LogP contribution in [0.2, 0.25) is 0 Å². The number of ether oxygens (including phenoxy) is 4. The maximum atomic E-state index is 13.6. The summed E-state index contributed by atoms with van der Waals surface area (Å²) in [5, 5.41) is 11.0. The molecule has 1 amide bonds. The van der Waals surface area contributed by atoms with Gasteiger partial charge in [0.25, 0.3) is 11.6 Å². The third-order valence-electron chi connectivity index (χ3n) is 6.13. The minimum atomic E-state index is -0.460. The van der Waals surface area contributed by atoms with Crippen molar-refractivity contribution in [2.45, 2.75) is 19.4 Å². The molecule has 9 nitrogen and oxygen atoms in total. The number of hydrogen-bond donors (Lipinski definition) is 0. The molecule has 4 rings (SSSR count). The van der Waals surface area contributed by atoms with E-state index in [1.54, 1.807) is 55.5 Å². The standard InChI is InChI=1S/C27H28N2O7/c1-4-35-21-9-5-18(6-10-21)27(30)28-14-13-19-15-25(33-2)26(34-3)16-23(19)24(28)17-36-22-11-7-20(8-12-22)29(31)32/h5-12,15-16,24H,4,13-14,17H2,1-3H3/t24-/m0/s1. The van der Waals surface area contributed by atoms with Gasteiger partial charge in [0.15, 0.2) is 11.5 Å². The lowest BCUT2D eigenvalue weighted by Crippen LogP contribution is -2.42. The van der Waals surface area contributed by atoms with Crippen molar-refractivity contribution in [3.8, 4) is 23.0 Å². The van der Waals surface area contributed by atoms with Gasteiger partial charge >= 0.3 is 0 Å². The minimum absolute atomic E-state index is 0.0190. The molecule has 1 heterocycles. The molecule has 1 atom stereocenters. The van der Waals surface area contributed by atoms with Gasteiger partial charge in [0.05, 0.1) is 31.8 Å². The molecule has 1 aliphatic rings. The molecule has 0 radical (unpaired) electrons. The van der Waals surface area contributed by atoms with Crippen LogP contribution in [0.4, 0.5) is 5.69 Å². The van der Waals surface area contributed by atoms with Gasteiger partial charge in [0.2, 0.25) is 0 Å². The van der Waals surface area contributed by atoms with Gasteiger partial charge in [0, 0.05) is 24.2 Å². The van der Waals surface area contributed by atoms with E-state index in [-0.39, 0.29) is 18.2 Å². The molecule has 0 unspecified atom stereocenters. The van der Waals surface area contributed by atoms with Crippen LogP contribution in [0, 0.1) is 10.1 Å². The summed E-state index contributed by atoms with van der Waals surface area (Å²) in [5.41, 5.74) is 2.47. The van der Waals surface area contributed by atoms with Crippen molar-refractivity contribution in [1.29, 1.82) is 0 Å². The highest BCUT2D eigenvalue weighted by Crippen LogP contribution is 2.39. The van der Waals surface area contributed by atoms with E-state index in [0.717, 1.165) is 11.1 Å². The van der Waals surface area contributed by atoms with E-state index in [9.17, 15) is 14.9 Å². The normalized spacial score (nSPS) is 14.5. The van der Waals surface area contributed by atoms with Gasteiger partial charge in [-0.3, -0.25) is 14.9 Å². The number of carbonyl (C=O) groups is 1. The molecule has 0 saturated carbocycles. The molecule has 0 aliphatic carbocycles. The maximum Gasteiger partial charge on any atom is 0.269 e. The number of nitro groups is 1. The van der Waals surface area contributed by atoms with Gasteiger partial charge in [-0.2, -0.15) is 0 Å². The summed E-state index contributed by atoms with van der Waals surface area (Å²) in [6.45, 7) is 3.10. The summed E-state index contributed by atoms with van der Waals surface area (Å²) < 4.78 is 22.5. The molecule has 36 heavy (non-hydrogen) atoms. The second kappa shape index (κ2) is 11.0. The van der Waals surface area contributed by atoms with Crippen LogP contribution in [0.5, 0.6) is 23.0 Å². The number of fused-ring (bicyclic) bond motifs is 1. The van der Waals surface area contributed by atoms with Crippen molar-refractivity contribution in [3.63, 3.8) is 0 Å². The first-order valence-corrected chi connectivity index (χ1v) is 11.6. The van der Waals surface area contributed by atoms with Gasteiger partial charge in [-0.1, -0.05) is 0 Å². The molecular formula is C27H28N2O7. The van der Waals surface area contributed by atoms with Crippen LogP contribution in [-0.2, 0) is 6.42 Å². The molecule has 0 fully saturated rings. The Labute approximate surface area is 209 Å². The van der Waals surface area contributed by atoms with E-state index in [1.165, 1.54) is 12.1 Å². The largest absolute Gasteiger partial charge is 0.494 e. The Morgan fingerprint density at radius 3 is 2.19 bits per heavy atom. The Kier molecular flexibility index (Phi) is 7.58. The molecule has 0 aromatic heterocycles. The summed E-state index contributed by atoms with van der Waals surface area (Å²) in [6, 6.07) is 16.4. The Morgan fingerprint density at radius 1 is 0.972 bits per heavy atom. The minimum Gasteiger partial charge on any atom is -0.494 e. The highest BCUT2D eigenvalue weighted by Gasteiger charge is 2.33. The van der Waals surface area contributed by atoms with Gasteiger partial charge in [-0.05, 0) is 73.0 Å². The number of methoxy groups -OCH3 is 2. The van der Waals surface area contributed by atoms with Crippen LogP contribution in [-0.4, -0.2) is 49.7 Å². The number of hydrogen-bond acceptors (Lipinski definition) is 7. The van der Waals surface area contributed by atoms with E-state index in [0.29, 0.717) is 48.1 Å². The number of carbonyl (C=O) groups excluding carboxylic acids is 1. The lowest BCUT2D eigenvalue weighted by molar-refractivity contribution is -0.384. The highest BCUT2D eigenvalue weighted by molar-refractivity contribution is 5.95. The molecular weight excluding hydrogens is 464 g/mol. The zero-order valence-electron chi connectivity index (χ0n) is 20.4. The van der Waals surface area contributed by atoms with Crippen LogP contribution < -0.4 is 18.9 Å². The zero-order valence-corrected chi connectivity index (χ0v) is 20.4. The average Bonchev–Trinajstić information content (AvgIpc) is 2.91. The molecule has 1 aliphatic heterocycles. The Morgan fingerprint density at radius 2 is 1.58 bits per heavy atom. The summed E-state index contributed by atoms with van der Waals surface area (Å²) in [7, 11) is 3.16. The van der Waals surface area contributed by atoms with Gasteiger partial charge in [0.1, 0.15) is 18.1 Å². The third kappa shape index (κ3) is 5.19. The summed E-state index contributed by atoms with van der Waals surface area (Å²) in [6.07, 6.45) is 0.645. The van der Waals surface area contributed by atoms with Crippen molar-refractivity contribution in [2.24, 2.45) is 0 Å². The molecule has 0 spiro atoms. The first-order valence-electron chi connectivity index (χ1n) is 11.6. The van der Waals surface area contributed by atoms with E-state index in [1.807, 2.05) is 19.1 Å². The number of nitrogens with zero attached hydrogens (tertiary/aromatic N) is 2. The third-order valence-corrected chi connectivity index (χ3v) is 6.13. The van der Waals surface area contributed by atoms with Crippen molar-refractivity contribution in [3.05, 3.63) is 87.5 Å². The molecule has 3 aromatic carbocycles. The van der Waals surface area contributed by atoms with Crippen molar-refractivity contribution < 1.29 is 28.7 Å². The van der Waals surface area contributed by atoms with Crippen molar-refractivity contribution in [2.75, 3.05) is 34.0 Å². The lowest BCUT2D eigenvalue weighted by atomic mass is 9.91. The summed E-state index contributed by atoms with van der Waals surface area (Å²) in [5.74, 6) is 2.23. The Bertz CT molecular complexity index is 1230. The topological polar surface area (TPSA) is 100 Å². The predicted molar refractivity (Wildman–Crippen MR) is 133 cm³/mol. The Hall–Kier alpha value is -4.27.